The molecule has 3 heteroatoms. The van der Waals surface area contributed by atoms with Gasteiger partial charge in [-0.05, 0) is 49.7 Å². The molecule has 0 spiro atoms. The van der Waals surface area contributed by atoms with Gasteiger partial charge < -0.3 is 10.1 Å². The van der Waals surface area contributed by atoms with E-state index in [0.29, 0.717) is 5.56 Å². The molecule has 0 heterocycles. The molecule has 3 nitrogen and oxygen atoms in total. The number of hydrogen-bond acceptors (Lipinski definition) is 2. The van der Waals surface area contributed by atoms with Crippen LogP contribution in [0.2, 0.25) is 0 Å². The Morgan fingerprint density at radius 3 is 2.32 bits per heavy atom. The number of aryl methyl sites for hydroxylation is 2. The molecule has 0 aliphatic carbocycles. The van der Waals surface area contributed by atoms with Gasteiger partial charge in [-0.3, -0.25) is 4.79 Å². The highest BCUT2D eigenvalue weighted by molar-refractivity contribution is 6.05. The van der Waals surface area contributed by atoms with Crippen LogP contribution in [0, 0.1) is 13.8 Å². The van der Waals surface area contributed by atoms with Crippen molar-refractivity contribution in [1.82, 2.24) is 0 Å². The second-order valence-electron chi connectivity index (χ2n) is 4.50. The Balaban J connectivity index is 2.15. The highest BCUT2D eigenvalue weighted by atomic mass is 16.5. The van der Waals surface area contributed by atoms with Gasteiger partial charge in [0.15, 0.2) is 0 Å². The number of methoxy groups -OCH3 is 1. The number of rotatable bonds is 3. The number of anilines is 1. The van der Waals surface area contributed by atoms with Crippen molar-refractivity contribution in [3.05, 3.63) is 59.2 Å². The number of benzene rings is 2. The van der Waals surface area contributed by atoms with Gasteiger partial charge in [-0.25, -0.2) is 0 Å². The molecule has 2 aromatic rings. The second kappa shape index (κ2) is 5.57. The van der Waals surface area contributed by atoms with Crippen molar-refractivity contribution in [3.8, 4) is 5.75 Å². The molecule has 1 N–H and O–H groups in total. The van der Waals surface area contributed by atoms with Gasteiger partial charge >= 0.3 is 0 Å². The monoisotopic (exact) mass is 255 g/mol. The summed E-state index contributed by atoms with van der Waals surface area (Å²) >= 11 is 0. The highest BCUT2D eigenvalue weighted by Gasteiger charge is 2.09. The van der Waals surface area contributed by atoms with Crippen LogP contribution in [0.15, 0.2) is 42.5 Å². The lowest BCUT2D eigenvalue weighted by molar-refractivity contribution is 0.102. The lowest BCUT2D eigenvalue weighted by atomic mass is 10.1. The van der Waals surface area contributed by atoms with Crippen LogP contribution < -0.4 is 10.1 Å². The third kappa shape index (κ3) is 3.13. The molecule has 0 aliphatic heterocycles. The summed E-state index contributed by atoms with van der Waals surface area (Å²) in [6.45, 7) is 3.95. The zero-order valence-electron chi connectivity index (χ0n) is 11.4. The number of carbonyl (C=O) groups is 1. The van der Waals surface area contributed by atoms with E-state index in [2.05, 4.69) is 5.32 Å². The summed E-state index contributed by atoms with van der Waals surface area (Å²) in [5, 5.41) is 2.88. The Morgan fingerprint density at radius 2 is 1.74 bits per heavy atom. The largest absolute Gasteiger partial charge is 0.497 e. The van der Waals surface area contributed by atoms with Crippen molar-refractivity contribution in [2.45, 2.75) is 13.8 Å². The minimum absolute atomic E-state index is 0.0948. The summed E-state index contributed by atoms with van der Waals surface area (Å²) in [7, 11) is 1.61. The zero-order valence-corrected chi connectivity index (χ0v) is 11.4. The van der Waals surface area contributed by atoms with Crippen LogP contribution in [-0.4, -0.2) is 13.0 Å². The Labute approximate surface area is 113 Å². The fraction of sp³-hybridized carbons (Fsp3) is 0.188. The van der Waals surface area contributed by atoms with Crippen LogP contribution in [0.25, 0.3) is 0 Å². The number of hydrogen-bond donors (Lipinski definition) is 1. The summed E-state index contributed by atoms with van der Waals surface area (Å²) in [6.07, 6.45) is 0. The Kier molecular flexibility index (Phi) is 3.85. The first-order valence-corrected chi connectivity index (χ1v) is 6.13. The van der Waals surface area contributed by atoms with E-state index in [4.69, 9.17) is 4.74 Å². The zero-order chi connectivity index (χ0) is 13.8. The molecule has 0 saturated heterocycles. The van der Waals surface area contributed by atoms with Crippen LogP contribution in [0.4, 0.5) is 5.69 Å². The van der Waals surface area contributed by atoms with Crippen molar-refractivity contribution >= 4 is 11.6 Å². The first kappa shape index (κ1) is 13.1. The molecule has 2 rings (SSSR count). The fourth-order valence-corrected chi connectivity index (χ4v) is 1.94. The van der Waals surface area contributed by atoms with Gasteiger partial charge in [-0.1, -0.05) is 17.7 Å². The lowest BCUT2D eigenvalue weighted by Crippen LogP contribution is -2.13. The first-order chi connectivity index (χ1) is 9.10. The molecule has 0 bridgehead atoms. The highest BCUT2D eigenvalue weighted by Crippen LogP contribution is 2.17. The average Bonchev–Trinajstić information content (AvgIpc) is 2.39. The normalized spacial score (nSPS) is 10.1. The van der Waals surface area contributed by atoms with Crippen LogP contribution in [-0.2, 0) is 0 Å². The van der Waals surface area contributed by atoms with Gasteiger partial charge in [0.1, 0.15) is 5.75 Å². The molecule has 1 amide bonds. The summed E-state index contributed by atoms with van der Waals surface area (Å²) in [6, 6.07) is 13.1. The second-order valence-corrected chi connectivity index (χ2v) is 4.50. The Morgan fingerprint density at radius 1 is 1.05 bits per heavy atom. The van der Waals surface area contributed by atoms with E-state index in [-0.39, 0.29) is 5.91 Å². The molecular weight excluding hydrogens is 238 g/mol. The van der Waals surface area contributed by atoms with E-state index in [1.807, 2.05) is 56.3 Å². The maximum atomic E-state index is 12.2. The predicted molar refractivity (Wildman–Crippen MR) is 76.9 cm³/mol. The molecule has 19 heavy (non-hydrogen) atoms. The van der Waals surface area contributed by atoms with Gasteiger partial charge in [-0.2, -0.15) is 0 Å². The number of nitrogens with one attached hydrogen (secondary N) is 1. The van der Waals surface area contributed by atoms with E-state index in [0.717, 1.165) is 22.6 Å². The van der Waals surface area contributed by atoms with Crippen molar-refractivity contribution in [2.75, 3.05) is 12.4 Å². The molecule has 0 saturated carbocycles. The molecule has 0 aliphatic rings. The minimum Gasteiger partial charge on any atom is -0.497 e. The van der Waals surface area contributed by atoms with E-state index >= 15 is 0 Å². The Bertz CT molecular complexity index is 588. The molecule has 0 fully saturated rings. The third-order valence-corrected chi connectivity index (χ3v) is 2.97. The third-order valence-electron chi connectivity index (χ3n) is 2.97. The molecule has 0 radical (unpaired) electrons. The van der Waals surface area contributed by atoms with E-state index in [1.54, 1.807) is 7.11 Å². The summed E-state index contributed by atoms with van der Waals surface area (Å²) in [5.74, 6) is 0.673. The number of carbonyl (C=O) groups excluding carboxylic acids is 1. The summed E-state index contributed by atoms with van der Waals surface area (Å²) < 4.78 is 5.08. The van der Waals surface area contributed by atoms with Crippen LogP contribution >= 0.6 is 0 Å². The van der Waals surface area contributed by atoms with E-state index in [9.17, 15) is 4.79 Å². The number of amides is 1. The average molecular weight is 255 g/mol. The van der Waals surface area contributed by atoms with Gasteiger partial charge in [0.05, 0.1) is 7.11 Å². The van der Waals surface area contributed by atoms with E-state index < -0.39 is 0 Å². The van der Waals surface area contributed by atoms with Gasteiger partial charge in [0, 0.05) is 11.3 Å². The van der Waals surface area contributed by atoms with Crippen molar-refractivity contribution in [3.63, 3.8) is 0 Å². The summed E-state index contributed by atoms with van der Waals surface area (Å²) in [4.78, 5) is 12.2. The van der Waals surface area contributed by atoms with Crippen LogP contribution in [0.5, 0.6) is 5.75 Å². The molecular formula is C16H17NO2. The SMILES string of the molecule is COc1ccc(NC(=O)c2ccc(C)cc2C)cc1. The Hall–Kier alpha value is -2.29. The molecule has 2 aromatic carbocycles. The standard InChI is InChI=1S/C16H17NO2/c1-11-4-9-15(12(2)10-11)16(18)17-13-5-7-14(19-3)8-6-13/h4-10H,1-3H3,(H,17,18). The van der Waals surface area contributed by atoms with Gasteiger partial charge in [-0.15, -0.1) is 0 Å². The number of ether oxygens (including phenoxy) is 1. The molecule has 0 unspecified atom stereocenters. The molecule has 0 aromatic heterocycles. The quantitative estimate of drug-likeness (QED) is 0.910. The fourth-order valence-electron chi connectivity index (χ4n) is 1.94. The van der Waals surface area contributed by atoms with Crippen LogP contribution in [0.3, 0.4) is 0 Å². The van der Waals surface area contributed by atoms with Crippen LogP contribution in [0.1, 0.15) is 21.5 Å². The smallest absolute Gasteiger partial charge is 0.255 e. The first-order valence-electron chi connectivity index (χ1n) is 6.13. The van der Waals surface area contributed by atoms with E-state index in [1.165, 1.54) is 0 Å². The van der Waals surface area contributed by atoms with Crippen molar-refractivity contribution in [1.29, 1.82) is 0 Å². The molecule has 98 valence electrons. The lowest BCUT2D eigenvalue weighted by Gasteiger charge is -2.09. The van der Waals surface area contributed by atoms with Crippen molar-refractivity contribution in [2.24, 2.45) is 0 Å². The minimum atomic E-state index is -0.0948. The predicted octanol–water partition coefficient (Wildman–Crippen LogP) is 3.56. The maximum Gasteiger partial charge on any atom is 0.255 e. The topological polar surface area (TPSA) is 38.3 Å². The maximum absolute atomic E-state index is 12.2. The summed E-state index contributed by atoms with van der Waals surface area (Å²) in [5.41, 5.74) is 3.58. The molecule has 0 atom stereocenters. The van der Waals surface area contributed by atoms with Crippen molar-refractivity contribution < 1.29 is 9.53 Å². The van der Waals surface area contributed by atoms with Gasteiger partial charge in [0.2, 0.25) is 0 Å². The van der Waals surface area contributed by atoms with Gasteiger partial charge in [0.25, 0.3) is 5.91 Å².